The summed E-state index contributed by atoms with van der Waals surface area (Å²) in [6.45, 7) is 0. The van der Waals surface area contributed by atoms with E-state index in [1.54, 1.807) is 12.1 Å². The van der Waals surface area contributed by atoms with Crippen LogP contribution in [0.4, 0.5) is 4.39 Å². The van der Waals surface area contributed by atoms with Crippen LogP contribution in [0.3, 0.4) is 0 Å². The highest BCUT2D eigenvalue weighted by atomic mass is 32.9. The molecule has 14 heavy (non-hydrogen) atoms. The fourth-order valence-corrected chi connectivity index (χ4v) is 3.84. The third-order valence-corrected chi connectivity index (χ3v) is 4.95. The van der Waals surface area contributed by atoms with Crippen molar-refractivity contribution in [3.05, 3.63) is 40.0 Å². The first-order valence-corrected chi connectivity index (χ1v) is 6.67. The lowest BCUT2D eigenvalue weighted by Crippen LogP contribution is -1.73. The summed E-state index contributed by atoms with van der Waals surface area (Å²) in [6, 6.07) is 8.11. The predicted molar refractivity (Wildman–Crippen MR) is 59.0 cm³/mol. The van der Waals surface area contributed by atoms with Crippen LogP contribution >= 0.6 is 20.7 Å². The highest BCUT2D eigenvalue weighted by Gasteiger charge is 2.00. The van der Waals surface area contributed by atoms with E-state index < -0.39 is 0 Å². The molecule has 1 nitrogen and oxygen atoms in total. The molecule has 0 amide bonds. The van der Waals surface area contributed by atoms with Crippen LogP contribution in [0.1, 0.15) is 0 Å². The van der Waals surface area contributed by atoms with Gasteiger partial charge in [0.2, 0.25) is 0 Å². The Kier molecular flexibility index (Phi) is 2.90. The molecule has 5 heteroatoms. The topological polar surface area (TPSA) is 17.1 Å². The second-order valence-electron chi connectivity index (χ2n) is 2.58. The Morgan fingerprint density at radius 3 is 2.43 bits per heavy atom. The lowest BCUT2D eigenvalue weighted by molar-refractivity contribution is 0.628. The van der Waals surface area contributed by atoms with Crippen molar-refractivity contribution < 1.29 is 8.60 Å². The van der Waals surface area contributed by atoms with Gasteiger partial charge >= 0.3 is 0 Å². The van der Waals surface area contributed by atoms with Crippen LogP contribution in [-0.2, 0) is 11.3 Å². The van der Waals surface area contributed by atoms with E-state index in [2.05, 4.69) is 0 Å². The molecule has 1 aromatic heterocycles. The van der Waals surface area contributed by atoms with Crippen molar-refractivity contribution in [3.63, 3.8) is 0 Å². The fourth-order valence-electron chi connectivity index (χ4n) is 1.02. The van der Waals surface area contributed by atoms with Crippen LogP contribution in [0, 0.1) is 9.64 Å². The van der Waals surface area contributed by atoms with Gasteiger partial charge in [0, 0.05) is 4.88 Å². The summed E-state index contributed by atoms with van der Waals surface area (Å²) in [4.78, 5) is 1.01. The summed E-state index contributed by atoms with van der Waals surface area (Å²) in [5.74, 6) is -0.243. The van der Waals surface area contributed by atoms with Gasteiger partial charge in [-0.15, -0.1) is 0 Å². The number of benzene rings is 1. The molecule has 0 N–H and O–H groups in total. The quantitative estimate of drug-likeness (QED) is 0.555. The average Bonchev–Trinajstić information content (AvgIpc) is 2.67. The first-order valence-electron chi connectivity index (χ1n) is 3.78. The van der Waals surface area contributed by atoms with E-state index in [9.17, 15) is 8.60 Å². The molecule has 1 aromatic carbocycles. The van der Waals surface area contributed by atoms with Crippen LogP contribution < -0.4 is 0 Å². The Morgan fingerprint density at radius 2 is 1.86 bits per heavy atom. The van der Waals surface area contributed by atoms with Gasteiger partial charge < -0.3 is 0 Å². The molecule has 2 aromatic rings. The van der Waals surface area contributed by atoms with Crippen molar-refractivity contribution >= 4 is 31.9 Å². The largest absolute Gasteiger partial charge is 0.211 e. The summed E-state index contributed by atoms with van der Waals surface area (Å²) >= 11 is 0.492. The number of halogens is 1. The van der Waals surface area contributed by atoms with Gasteiger partial charge in [0.1, 0.15) is 20.9 Å². The van der Waals surface area contributed by atoms with Gasteiger partial charge in [-0.3, -0.25) is 0 Å². The molecular weight excluding hydrogens is 239 g/mol. The molecule has 0 atom stereocenters. The molecule has 0 aliphatic carbocycles. The van der Waals surface area contributed by atoms with Crippen molar-refractivity contribution in [1.82, 2.24) is 0 Å². The van der Waals surface area contributed by atoms with E-state index in [4.69, 9.17) is 0 Å². The lowest BCUT2D eigenvalue weighted by Gasteiger charge is -1.94. The lowest BCUT2D eigenvalue weighted by atomic mass is 10.2. The molecule has 2 rings (SSSR count). The zero-order valence-electron chi connectivity index (χ0n) is 6.90. The Bertz CT molecular complexity index is 519. The highest BCUT2D eigenvalue weighted by molar-refractivity contribution is 7.74. The first kappa shape index (κ1) is 9.76. The van der Waals surface area contributed by atoms with Crippen LogP contribution in [0.15, 0.2) is 30.3 Å². The SMILES string of the molecule is O=S=c1cc(-c2ccc(F)cc2)ss1. The minimum atomic E-state index is -0.243. The number of hydrogen-bond donors (Lipinski definition) is 0. The van der Waals surface area contributed by atoms with Crippen LogP contribution in [0.2, 0.25) is 0 Å². The van der Waals surface area contributed by atoms with E-state index >= 15 is 0 Å². The van der Waals surface area contributed by atoms with Gasteiger partial charge in [0.05, 0.1) is 0 Å². The van der Waals surface area contributed by atoms with Crippen molar-refractivity contribution in [2.45, 2.75) is 0 Å². The van der Waals surface area contributed by atoms with Crippen LogP contribution in [0.5, 0.6) is 0 Å². The molecule has 0 unspecified atom stereocenters. The zero-order valence-corrected chi connectivity index (χ0v) is 9.35. The van der Waals surface area contributed by atoms with Gasteiger partial charge in [-0.2, -0.15) is 0 Å². The molecule has 0 bridgehead atoms. The second-order valence-corrected chi connectivity index (χ2v) is 5.66. The minimum Gasteiger partial charge on any atom is -0.211 e. The van der Waals surface area contributed by atoms with Gasteiger partial charge in [0.15, 0.2) is 0 Å². The average molecular weight is 244 g/mol. The highest BCUT2D eigenvalue weighted by Crippen LogP contribution is 2.28. The van der Waals surface area contributed by atoms with E-state index in [0.29, 0.717) is 11.3 Å². The summed E-state index contributed by atoms with van der Waals surface area (Å²) < 4.78 is 23.9. The third-order valence-electron chi connectivity index (χ3n) is 1.67. The molecule has 1 heterocycles. The second kappa shape index (κ2) is 4.16. The van der Waals surface area contributed by atoms with Crippen molar-refractivity contribution in [1.29, 1.82) is 0 Å². The van der Waals surface area contributed by atoms with E-state index in [0.717, 1.165) is 14.3 Å². The third kappa shape index (κ3) is 2.00. The standard InChI is InChI=1S/C9H5FOS3/c10-7-3-1-6(2-4-7)8-5-9(12-11)14-13-8/h1-5H. The van der Waals surface area contributed by atoms with Crippen molar-refractivity contribution in [2.24, 2.45) is 0 Å². The zero-order chi connectivity index (χ0) is 9.97. The van der Waals surface area contributed by atoms with Gasteiger partial charge in [-0.05, 0) is 23.8 Å². The number of rotatable bonds is 1. The van der Waals surface area contributed by atoms with Gasteiger partial charge in [0.25, 0.3) is 0 Å². The minimum absolute atomic E-state index is 0.243. The van der Waals surface area contributed by atoms with E-state index in [1.165, 1.54) is 32.8 Å². The maximum Gasteiger partial charge on any atom is 0.132 e. The van der Waals surface area contributed by atoms with E-state index in [1.807, 2.05) is 6.07 Å². The summed E-state index contributed by atoms with van der Waals surface area (Å²) in [7, 11) is 2.98. The van der Waals surface area contributed by atoms with E-state index in [-0.39, 0.29) is 5.82 Å². The molecule has 0 aliphatic heterocycles. The van der Waals surface area contributed by atoms with Gasteiger partial charge in [-0.25, -0.2) is 8.60 Å². The van der Waals surface area contributed by atoms with Crippen molar-refractivity contribution in [2.75, 3.05) is 0 Å². The normalized spacial score (nSPS) is 10.1. The van der Waals surface area contributed by atoms with Crippen LogP contribution in [0.25, 0.3) is 10.4 Å². The molecule has 0 saturated heterocycles. The monoisotopic (exact) mass is 244 g/mol. The number of hydrogen-bond acceptors (Lipinski definition) is 3. The molecule has 0 radical (unpaired) electrons. The Balaban J connectivity index is 2.49. The Labute approximate surface area is 90.9 Å². The molecule has 0 fully saturated rings. The smallest absolute Gasteiger partial charge is 0.132 e. The van der Waals surface area contributed by atoms with Crippen molar-refractivity contribution in [3.8, 4) is 10.4 Å². The maximum absolute atomic E-state index is 12.6. The fraction of sp³-hybridized carbons (Fsp3) is 0. The predicted octanol–water partition coefficient (Wildman–Crippen LogP) is 3.36. The van der Waals surface area contributed by atoms with Crippen LogP contribution in [-0.4, -0.2) is 4.21 Å². The summed E-state index contributed by atoms with van der Waals surface area (Å²) in [5.41, 5.74) is 0.952. The van der Waals surface area contributed by atoms with Gasteiger partial charge in [-0.1, -0.05) is 32.8 Å². The molecule has 72 valence electrons. The molecule has 0 aliphatic rings. The molecular formula is C9H5FOS3. The molecule has 0 spiro atoms. The summed E-state index contributed by atoms with van der Waals surface area (Å²) in [5, 5.41) is 0. The summed E-state index contributed by atoms with van der Waals surface area (Å²) in [6.07, 6.45) is 0. The first-order chi connectivity index (χ1) is 6.79. The maximum atomic E-state index is 12.6. The molecule has 0 saturated carbocycles. The Morgan fingerprint density at radius 1 is 1.14 bits per heavy atom. The Hall–Kier alpha value is -0.780.